The van der Waals surface area contributed by atoms with Gasteiger partial charge in [0.25, 0.3) is 0 Å². The van der Waals surface area contributed by atoms with Crippen LogP contribution < -0.4 is 5.32 Å². The molecule has 0 aromatic carbocycles. The fourth-order valence-electron chi connectivity index (χ4n) is 2.09. The maximum absolute atomic E-state index is 6.26. The Labute approximate surface area is 117 Å². The molecule has 104 valence electrons. The molecule has 2 aromatic heterocycles. The summed E-state index contributed by atoms with van der Waals surface area (Å²) in [5.74, 6) is 0.870. The molecule has 0 fully saturated rings. The van der Waals surface area contributed by atoms with E-state index in [1.807, 2.05) is 24.7 Å². The lowest BCUT2D eigenvalue weighted by atomic mass is 10.1. The lowest BCUT2D eigenvalue weighted by molar-refractivity contribution is 0.182. The standard InChI is InChI=1S/C13H18ClN3O2/c1-9-6-10(8-19-9)12(15-2)13-11(14)7-16-17(13)4-5-18-3/h6-8,12,15H,4-5H2,1-3H3. The van der Waals surface area contributed by atoms with Crippen molar-refractivity contribution in [1.82, 2.24) is 15.1 Å². The normalized spacial score (nSPS) is 12.8. The van der Waals surface area contributed by atoms with Crippen molar-refractivity contribution in [2.75, 3.05) is 20.8 Å². The molecule has 1 N–H and O–H groups in total. The highest BCUT2D eigenvalue weighted by Gasteiger charge is 2.22. The molecule has 19 heavy (non-hydrogen) atoms. The summed E-state index contributed by atoms with van der Waals surface area (Å²) in [7, 11) is 3.55. The molecule has 0 amide bonds. The molecule has 0 bridgehead atoms. The highest BCUT2D eigenvalue weighted by Crippen LogP contribution is 2.29. The van der Waals surface area contributed by atoms with E-state index < -0.39 is 0 Å². The zero-order valence-electron chi connectivity index (χ0n) is 11.3. The molecule has 6 heteroatoms. The average molecular weight is 284 g/mol. The fraction of sp³-hybridized carbons (Fsp3) is 0.462. The van der Waals surface area contributed by atoms with Gasteiger partial charge >= 0.3 is 0 Å². The summed E-state index contributed by atoms with van der Waals surface area (Å²) in [4.78, 5) is 0. The third-order valence-electron chi connectivity index (χ3n) is 2.99. The Morgan fingerprint density at radius 2 is 2.37 bits per heavy atom. The van der Waals surface area contributed by atoms with E-state index in [-0.39, 0.29) is 6.04 Å². The van der Waals surface area contributed by atoms with Gasteiger partial charge in [0.1, 0.15) is 5.76 Å². The second-order valence-corrected chi connectivity index (χ2v) is 4.71. The Morgan fingerprint density at radius 3 is 2.95 bits per heavy atom. The van der Waals surface area contributed by atoms with Crippen LogP contribution in [0.15, 0.2) is 22.9 Å². The van der Waals surface area contributed by atoms with Crippen molar-refractivity contribution in [2.24, 2.45) is 0 Å². The van der Waals surface area contributed by atoms with E-state index in [0.717, 1.165) is 17.0 Å². The number of hydrogen-bond donors (Lipinski definition) is 1. The van der Waals surface area contributed by atoms with Crippen molar-refractivity contribution in [2.45, 2.75) is 19.5 Å². The number of nitrogens with zero attached hydrogens (tertiary/aromatic N) is 2. The van der Waals surface area contributed by atoms with Crippen LogP contribution in [0.1, 0.15) is 23.1 Å². The maximum Gasteiger partial charge on any atom is 0.101 e. The van der Waals surface area contributed by atoms with E-state index in [9.17, 15) is 0 Å². The van der Waals surface area contributed by atoms with Gasteiger partial charge < -0.3 is 14.5 Å². The minimum atomic E-state index is -0.0516. The third kappa shape index (κ3) is 3.00. The van der Waals surface area contributed by atoms with Gasteiger partial charge in [-0.3, -0.25) is 4.68 Å². The molecule has 0 aliphatic heterocycles. The van der Waals surface area contributed by atoms with Crippen molar-refractivity contribution in [3.8, 4) is 0 Å². The van der Waals surface area contributed by atoms with Crippen LogP contribution in [0.4, 0.5) is 0 Å². The number of ether oxygens (including phenoxy) is 1. The quantitative estimate of drug-likeness (QED) is 0.884. The van der Waals surface area contributed by atoms with Gasteiger partial charge in [-0.05, 0) is 20.0 Å². The molecule has 1 unspecified atom stereocenters. The number of nitrogens with one attached hydrogen (secondary N) is 1. The van der Waals surface area contributed by atoms with Crippen molar-refractivity contribution in [1.29, 1.82) is 0 Å². The predicted octanol–water partition coefficient (Wildman–Crippen LogP) is 2.39. The summed E-state index contributed by atoms with van der Waals surface area (Å²) in [6, 6.07) is 1.94. The minimum Gasteiger partial charge on any atom is -0.469 e. The lowest BCUT2D eigenvalue weighted by Crippen LogP contribution is -2.22. The van der Waals surface area contributed by atoms with Gasteiger partial charge in [0.15, 0.2) is 0 Å². The first kappa shape index (κ1) is 14.1. The van der Waals surface area contributed by atoms with E-state index in [4.69, 9.17) is 20.8 Å². The highest BCUT2D eigenvalue weighted by atomic mass is 35.5. The highest BCUT2D eigenvalue weighted by molar-refractivity contribution is 6.31. The van der Waals surface area contributed by atoms with Crippen molar-refractivity contribution in [3.05, 3.63) is 40.6 Å². The van der Waals surface area contributed by atoms with E-state index in [1.54, 1.807) is 19.6 Å². The first-order chi connectivity index (χ1) is 9.17. The van der Waals surface area contributed by atoms with Crippen LogP contribution in [0.5, 0.6) is 0 Å². The molecule has 0 radical (unpaired) electrons. The molecular formula is C13H18ClN3O2. The van der Waals surface area contributed by atoms with Crippen LogP contribution in [0.3, 0.4) is 0 Å². The van der Waals surface area contributed by atoms with Crippen molar-refractivity contribution < 1.29 is 9.15 Å². The van der Waals surface area contributed by atoms with Crippen LogP contribution in [0.2, 0.25) is 5.02 Å². The van der Waals surface area contributed by atoms with Crippen molar-refractivity contribution >= 4 is 11.6 Å². The topological polar surface area (TPSA) is 52.2 Å². The van der Waals surface area contributed by atoms with Crippen molar-refractivity contribution in [3.63, 3.8) is 0 Å². The van der Waals surface area contributed by atoms with Gasteiger partial charge in [0, 0.05) is 12.7 Å². The molecule has 0 spiro atoms. The maximum atomic E-state index is 6.26. The largest absolute Gasteiger partial charge is 0.469 e. The minimum absolute atomic E-state index is 0.0516. The molecule has 0 aliphatic rings. The van der Waals surface area contributed by atoms with Crippen LogP contribution in [-0.2, 0) is 11.3 Å². The Hall–Kier alpha value is -1.30. The fourth-order valence-corrected chi connectivity index (χ4v) is 2.34. The van der Waals surface area contributed by atoms with Gasteiger partial charge in [0.2, 0.25) is 0 Å². The van der Waals surface area contributed by atoms with Crippen LogP contribution in [0.25, 0.3) is 0 Å². The van der Waals surface area contributed by atoms with Gasteiger partial charge in [-0.25, -0.2) is 0 Å². The SMILES string of the molecule is CNC(c1coc(C)c1)c1c(Cl)cnn1CCOC. The summed E-state index contributed by atoms with van der Waals surface area (Å²) < 4.78 is 12.3. The summed E-state index contributed by atoms with van der Waals surface area (Å²) >= 11 is 6.26. The summed E-state index contributed by atoms with van der Waals surface area (Å²) in [5.41, 5.74) is 1.95. The third-order valence-corrected chi connectivity index (χ3v) is 3.28. The monoisotopic (exact) mass is 283 g/mol. The Balaban J connectivity index is 2.34. The molecule has 2 rings (SSSR count). The van der Waals surface area contributed by atoms with Crippen LogP contribution in [-0.4, -0.2) is 30.5 Å². The van der Waals surface area contributed by atoms with Crippen LogP contribution >= 0.6 is 11.6 Å². The first-order valence-corrected chi connectivity index (χ1v) is 6.47. The second kappa shape index (κ2) is 6.23. The van der Waals surface area contributed by atoms with Gasteiger partial charge in [-0.2, -0.15) is 5.10 Å². The number of furan rings is 1. The van der Waals surface area contributed by atoms with E-state index in [0.29, 0.717) is 18.2 Å². The van der Waals surface area contributed by atoms with Gasteiger partial charge in [-0.15, -0.1) is 0 Å². The predicted molar refractivity (Wildman–Crippen MR) is 73.5 cm³/mol. The lowest BCUT2D eigenvalue weighted by Gasteiger charge is -2.17. The number of aryl methyl sites for hydroxylation is 1. The average Bonchev–Trinajstić information content (AvgIpc) is 2.97. The zero-order chi connectivity index (χ0) is 13.8. The molecule has 0 aliphatic carbocycles. The van der Waals surface area contributed by atoms with E-state index in [1.165, 1.54) is 0 Å². The Morgan fingerprint density at radius 1 is 1.58 bits per heavy atom. The first-order valence-electron chi connectivity index (χ1n) is 6.09. The Bertz CT molecular complexity index is 536. The number of hydrogen-bond acceptors (Lipinski definition) is 4. The van der Waals surface area contributed by atoms with E-state index >= 15 is 0 Å². The number of rotatable bonds is 6. The molecule has 0 saturated carbocycles. The molecular weight excluding hydrogens is 266 g/mol. The second-order valence-electron chi connectivity index (χ2n) is 4.31. The van der Waals surface area contributed by atoms with Gasteiger partial charge in [0.05, 0.1) is 42.4 Å². The summed E-state index contributed by atoms with van der Waals surface area (Å²) in [6.45, 7) is 3.17. The molecule has 1 atom stereocenters. The smallest absolute Gasteiger partial charge is 0.101 e. The number of halogens is 1. The Kier molecular flexibility index (Phi) is 4.63. The summed E-state index contributed by atoms with van der Waals surface area (Å²) in [5, 5.41) is 8.17. The summed E-state index contributed by atoms with van der Waals surface area (Å²) in [6.07, 6.45) is 3.39. The number of methoxy groups -OCH3 is 1. The zero-order valence-corrected chi connectivity index (χ0v) is 12.1. The molecule has 0 saturated heterocycles. The van der Waals surface area contributed by atoms with E-state index in [2.05, 4.69) is 10.4 Å². The van der Waals surface area contributed by atoms with Gasteiger partial charge in [-0.1, -0.05) is 11.6 Å². The molecule has 2 heterocycles. The molecule has 5 nitrogen and oxygen atoms in total. The number of aromatic nitrogens is 2. The molecule has 2 aromatic rings. The van der Waals surface area contributed by atoms with Crippen LogP contribution in [0, 0.1) is 6.92 Å².